The second-order valence-corrected chi connectivity index (χ2v) is 14.3. The van der Waals surface area contributed by atoms with Crippen LogP contribution in [0.5, 0.6) is 0 Å². The number of hydrogen-bond acceptors (Lipinski definition) is 1. The van der Waals surface area contributed by atoms with Gasteiger partial charge in [0.05, 0.1) is 5.76 Å². The molecule has 1 nitrogen and oxygen atoms in total. The highest BCUT2D eigenvalue weighted by Gasteiger charge is 2.42. The third-order valence-electron chi connectivity index (χ3n) is 5.87. The maximum Gasteiger partial charge on any atom is 0.241 e. The second kappa shape index (κ2) is 6.78. The van der Waals surface area contributed by atoms with E-state index in [-0.39, 0.29) is 0 Å². The molecule has 23 heavy (non-hydrogen) atoms. The fourth-order valence-electron chi connectivity index (χ4n) is 4.54. The quantitative estimate of drug-likeness (QED) is 0.378. The van der Waals surface area contributed by atoms with Gasteiger partial charge in [-0.1, -0.05) is 39.8 Å². The van der Waals surface area contributed by atoms with Crippen molar-refractivity contribution in [3.63, 3.8) is 0 Å². The Balaban J connectivity index is 2.11. The Kier molecular flexibility index (Phi) is 5.55. The van der Waals surface area contributed by atoms with Crippen LogP contribution in [0.1, 0.15) is 66.2 Å². The van der Waals surface area contributed by atoms with E-state index in [0.29, 0.717) is 16.7 Å². The van der Waals surface area contributed by atoms with E-state index in [1.54, 1.807) is 0 Å². The molecule has 0 heterocycles. The smallest absolute Gasteiger partial charge is 0.241 e. The molecule has 0 aliphatic heterocycles. The average molecular weight is 335 g/mol. The van der Waals surface area contributed by atoms with Crippen LogP contribution in [0.3, 0.4) is 0 Å². The van der Waals surface area contributed by atoms with E-state index < -0.39 is 8.32 Å². The van der Waals surface area contributed by atoms with Crippen LogP contribution in [0.25, 0.3) is 0 Å². The van der Waals surface area contributed by atoms with Crippen molar-refractivity contribution >= 4 is 8.32 Å². The minimum atomic E-state index is -1.50. The van der Waals surface area contributed by atoms with Gasteiger partial charge in [0.2, 0.25) is 8.32 Å². The van der Waals surface area contributed by atoms with Gasteiger partial charge in [-0.05, 0) is 80.5 Å². The summed E-state index contributed by atoms with van der Waals surface area (Å²) >= 11 is 0. The molecule has 0 bridgehead atoms. The third-order valence-corrected chi connectivity index (χ3v) is 6.75. The van der Waals surface area contributed by atoms with Crippen LogP contribution in [0.2, 0.25) is 19.6 Å². The molecule has 2 heteroatoms. The van der Waals surface area contributed by atoms with Crippen LogP contribution < -0.4 is 0 Å². The van der Waals surface area contributed by atoms with Gasteiger partial charge in [-0.25, -0.2) is 0 Å². The minimum Gasteiger partial charge on any atom is -0.548 e. The topological polar surface area (TPSA) is 9.23 Å². The molecule has 2 rings (SSSR count). The predicted molar refractivity (Wildman–Crippen MR) is 104 cm³/mol. The highest BCUT2D eigenvalue weighted by Crippen LogP contribution is 2.51. The fourth-order valence-corrected chi connectivity index (χ4v) is 5.47. The van der Waals surface area contributed by atoms with Crippen molar-refractivity contribution < 1.29 is 4.43 Å². The molecule has 2 aliphatic rings. The van der Waals surface area contributed by atoms with E-state index in [9.17, 15) is 0 Å². The number of hydrogen-bond donors (Lipinski definition) is 0. The highest BCUT2D eigenvalue weighted by molar-refractivity contribution is 6.70. The molecule has 0 saturated heterocycles. The zero-order valence-corrected chi connectivity index (χ0v) is 17.5. The van der Waals surface area contributed by atoms with Crippen LogP contribution in [0.15, 0.2) is 24.0 Å². The Hall–Kier alpha value is -0.503. The van der Waals surface area contributed by atoms with Crippen LogP contribution in [-0.4, -0.2) is 8.32 Å². The van der Waals surface area contributed by atoms with Gasteiger partial charge in [-0.15, -0.1) is 0 Å². The van der Waals surface area contributed by atoms with Crippen LogP contribution in [0.4, 0.5) is 0 Å². The van der Waals surface area contributed by atoms with E-state index in [2.05, 4.69) is 65.6 Å². The summed E-state index contributed by atoms with van der Waals surface area (Å²) in [5.41, 5.74) is 0.719. The van der Waals surface area contributed by atoms with Crippen LogP contribution in [0, 0.1) is 22.7 Å². The fraction of sp³-hybridized carbons (Fsp3) is 0.810. The Morgan fingerprint density at radius 1 is 1.22 bits per heavy atom. The molecule has 0 radical (unpaired) electrons. The first kappa shape index (κ1) is 18.8. The molecule has 0 spiro atoms. The minimum absolute atomic E-state index is 0.303. The van der Waals surface area contributed by atoms with E-state index >= 15 is 0 Å². The van der Waals surface area contributed by atoms with E-state index in [0.717, 1.165) is 12.3 Å². The van der Waals surface area contributed by atoms with Crippen LogP contribution >= 0.6 is 0 Å². The van der Waals surface area contributed by atoms with Crippen molar-refractivity contribution in [2.75, 3.05) is 0 Å². The molecular weight excluding hydrogens is 296 g/mol. The lowest BCUT2D eigenvalue weighted by Crippen LogP contribution is -2.28. The van der Waals surface area contributed by atoms with E-state index in [1.165, 1.54) is 37.9 Å². The summed E-state index contributed by atoms with van der Waals surface area (Å²) < 4.78 is 6.38. The molecule has 0 N–H and O–H groups in total. The Morgan fingerprint density at radius 3 is 2.43 bits per heavy atom. The van der Waals surface area contributed by atoms with Crippen molar-refractivity contribution in [3.8, 4) is 0 Å². The zero-order valence-electron chi connectivity index (χ0n) is 16.5. The lowest BCUT2D eigenvalue weighted by atomic mass is 9.67. The van der Waals surface area contributed by atoms with Gasteiger partial charge in [0.25, 0.3) is 0 Å². The van der Waals surface area contributed by atoms with Crippen molar-refractivity contribution in [1.82, 2.24) is 0 Å². The maximum atomic E-state index is 6.38. The van der Waals surface area contributed by atoms with E-state index in [4.69, 9.17) is 4.43 Å². The SMILES string of the molecule is CC(C)[C@H]1CC(O[Si](C)(C)C)=C[C@]1(C)CC[C@@]1(C)C=CCCC1. The molecule has 132 valence electrons. The molecule has 0 aromatic rings. The monoisotopic (exact) mass is 334 g/mol. The normalized spacial score (nSPS) is 34.8. The molecule has 0 aromatic carbocycles. The van der Waals surface area contributed by atoms with Gasteiger partial charge in [-0.3, -0.25) is 0 Å². The van der Waals surface area contributed by atoms with Crippen LogP contribution in [-0.2, 0) is 4.43 Å². The molecule has 3 atom stereocenters. The highest BCUT2D eigenvalue weighted by atomic mass is 28.4. The van der Waals surface area contributed by atoms with Gasteiger partial charge in [0, 0.05) is 6.42 Å². The molecule has 0 fully saturated rings. The van der Waals surface area contributed by atoms with Gasteiger partial charge in [0.1, 0.15) is 0 Å². The average Bonchev–Trinajstić information content (AvgIpc) is 2.73. The Bertz CT molecular complexity index is 471. The van der Waals surface area contributed by atoms with Gasteiger partial charge in [-0.2, -0.15) is 0 Å². The van der Waals surface area contributed by atoms with Crippen molar-refractivity contribution in [2.45, 2.75) is 85.9 Å². The second-order valence-electron chi connectivity index (χ2n) is 9.83. The van der Waals surface area contributed by atoms with Crippen molar-refractivity contribution in [2.24, 2.45) is 22.7 Å². The number of allylic oxidation sites excluding steroid dienone is 4. The standard InChI is InChI=1S/C21H38OSi/c1-17(2)19-15-18(22-23(5,6)7)16-21(19,4)14-13-20(3)11-9-8-10-12-20/h9,11,16-17,19H,8,10,12-15H2,1-7H3/t19-,20+,21+/m1/s1. The summed E-state index contributed by atoms with van der Waals surface area (Å²) in [6.45, 7) is 16.6. The summed E-state index contributed by atoms with van der Waals surface area (Å²) in [6, 6.07) is 0. The Labute approximate surface area is 145 Å². The van der Waals surface area contributed by atoms with Gasteiger partial charge >= 0.3 is 0 Å². The van der Waals surface area contributed by atoms with E-state index in [1.807, 2.05) is 0 Å². The summed E-state index contributed by atoms with van der Waals surface area (Å²) in [7, 11) is -1.50. The summed E-state index contributed by atoms with van der Waals surface area (Å²) in [6.07, 6.45) is 15.1. The molecular formula is C21H38OSi. The lowest BCUT2D eigenvalue weighted by molar-refractivity contribution is 0.165. The first-order chi connectivity index (χ1) is 10.5. The Morgan fingerprint density at radius 2 is 1.91 bits per heavy atom. The molecule has 0 aromatic heterocycles. The number of rotatable bonds is 6. The maximum absolute atomic E-state index is 6.38. The largest absolute Gasteiger partial charge is 0.548 e. The predicted octanol–water partition coefficient (Wildman–Crippen LogP) is 6.93. The zero-order chi connectivity index (χ0) is 17.3. The third kappa shape index (κ3) is 4.98. The van der Waals surface area contributed by atoms with Gasteiger partial charge < -0.3 is 4.43 Å². The molecule has 2 aliphatic carbocycles. The molecule has 0 amide bonds. The van der Waals surface area contributed by atoms with Crippen molar-refractivity contribution in [3.05, 3.63) is 24.0 Å². The summed E-state index contributed by atoms with van der Waals surface area (Å²) in [4.78, 5) is 0. The molecule has 0 saturated carbocycles. The first-order valence-electron chi connectivity index (χ1n) is 9.62. The first-order valence-corrected chi connectivity index (χ1v) is 13.0. The molecule has 0 unspecified atom stereocenters. The summed E-state index contributed by atoms with van der Waals surface area (Å²) in [5, 5.41) is 0. The lowest BCUT2D eigenvalue weighted by Gasteiger charge is -2.37. The van der Waals surface area contributed by atoms with Crippen molar-refractivity contribution in [1.29, 1.82) is 0 Å². The summed E-state index contributed by atoms with van der Waals surface area (Å²) in [5.74, 6) is 2.73. The van der Waals surface area contributed by atoms with Gasteiger partial charge in [0.15, 0.2) is 0 Å².